The van der Waals surface area contributed by atoms with Gasteiger partial charge in [-0.05, 0) is 46.3 Å². The molecular formula is C12H9BrClN3O3S. The Morgan fingerprint density at radius 3 is 2.52 bits per heavy atom. The van der Waals surface area contributed by atoms with Crippen molar-refractivity contribution in [3.63, 3.8) is 0 Å². The molecule has 6 nitrogen and oxygen atoms in total. The molecule has 1 heterocycles. The zero-order valence-electron chi connectivity index (χ0n) is 10.4. The number of sulfonamides is 1. The minimum Gasteiger partial charge on any atom is -0.321 e. The normalized spacial score (nSPS) is 11.2. The summed E-state index contributed by atoms with van der Waals surface area (Å²) in [5.74, 6) is -0.400. The van der Waals surface area contributed by atoms with Gasteiger partial charge in [0.25, 0.3) is 5.91 Å². The summed E-state index contributed by atoms with van der Waals surface area (Å²) in [5.41, 5.74) is 0.726. The number of anilines is 1. The fourth-order valence-electron chi connectivity index (χ4n) is 1.48. The summed E-state index contributed by atoms with van der Waals surface area (Å²) in [6, 6.07) is 7.07. The Balaban J connectivity index is 2.24. The van der Waals surface area contributed by atoms with Crippen LogP contribution in [0.2, 0.25) is 5.15 Å². The molecule has 1 aromatic carbocycles. The van der Waals surface area contributed by atoms with E-state index < -0.39 is 15.9 Å². The molecule has 1 aromatic heterocycles. The lowest BCUT2D eigenvalue weighted by molar-refractivity contribution is 0.102. The van der Waals surface area contributed by atoms with Crippen molar-refractivity contribution in [1.82, 2.24) is 4.98 Å². The van der Waals surface area contributed by atoms with E-state index in [1.807, 2.05) is 0 Å². The number of hydrogen-bond acceptors (Lipinski definition) is 4. The molecule has 3 N–H and O–H groups in total. The molecular weight excluding hydrogens is 382 g/mol. The Morgan fingerprint density at radius 1 is 1.29 bits per heavy atom. The zero-order chi connectivity index (χ0) is 15.6. The number of primary sulfonamides is 1. The minimum absolute atomic E-state index is 0.0551. The number of nitrogens with two attached hydrogens (primary N) is 1. The number of hydrogen-bond donors (Lipinski definition) is 2. The van der Waals surface area contributed by atoms with Crippen molar-refractivity contribution in [2.24, 2.45) is 5.14 Å². The van der Waals surface area contributed by atoms with Crippen LogP contribution in [0.1, 0.15) is 10.4 Å². The van der Waals surface area contributed by atoms with Crippen LogP contribution in [0, 0.1) is 0 Å². The summed E-state index contributed by atoms with van der Waals surface area (Å²) in [6.45, 7) is 0. The van der Waals surface area contributed by atoms with Gasteiger partial charge in [-0.2, -0.15) is 0 Å². The molecule has 0 aliphatic rings. The molecule has 21 heavy (non-hydrogen) atoms. The Morgan fingerprint density at radius 2 is 2.00 bits per heavy atom. The molecule has 0 saturated carbocycles. The molecule has 0 aliphatic heterocycles. The molecule has 9 heteroatoms. The highest BCUT2D eigenvalue weighted by Gasteiger charge is 2.13. The van der Waals surface area contributed by atoms with E-state index in [-0.39, 0.29) is 10.0 Å². The van der Waals surface area contributed by atoms with Gasteiger partial charge < -0.3 is 5.32 Å². The number of carbonyl (C=O) groups is 1. The van der Waals surface area contributed by atoms with Crippen molar-refractivity contribution >= 4 is 49.1 Å². The maximum absolute atomic E-state index is 12.0. The number of pyridine rings is 1. The van der Waals surface area contributed by atoms with E-state index in [2.05, 4.69) is 26.2 Å². The monoisotopic (exact) mass is 389 g/mol. The molecule has 1 amide bonds. The van der Waals surface area contributed by atoms with Crippen molar-refractivity contribution in [2.45, 2.75) is 4.90 Å². The van der Waals surface area contributed by atoms with E-state index in [9.17, 15) is 13.2 Å². The molecule has 0 spiro atoms. The van der Waals surface area contributed by atoms with Gasteiger partial charge in [0, 0.05) is 10.7 Å². The lowest BCUT2D eigenvalue weighted by Crippen LogP contribution is -2.14. The number of halogens is 2. The van der Waals surface area contributed by atoms with E-state index in [1.54, 1.807) is 0 Å². The largest absolute Gasteiger partial charge is 0.321 e. The van der Waals surface area contributed by atoms with Gasteiger partial charge in [0.15, 0.2) is 0 Å². The Kier molecular flexibility index (Phi) is 4.62. The summed E-state index contributed by atoms with van der Waals surface area (Å²) in [4.78, 5) is 15.8. The topological polar surface area (TPSA) is 102 Å². The smallest absolute Gasteiger partial charge is 0.257 e. The first-order valence-electron chi connectivity index (χ1n) is 5.52. The van der Waals surface area contributed by atoms with Crippen molar-refractivity contribution < 1.29 is 13.2 Å². The highest BCUT2D eigenvalue weighted by atomic mass is 79.9. The molecule has 0 saturated heterocycles. The van der Waals surface area contributed by atoms with Gasteiger partial charge in [0.2, 0.25) is 10.0 Å². The third-order valence-corrected chi connectivity index (χ3v) is 4.30. The molecule has 0 atom stereocenters. The summed E-state index contributed by atoms with van der Waals surface area (Å²) in [7, 11) is -3.79. The first-order chi connectivity index (χ1) is 9.77. The maximum Gasteiger partial charge on any atom is 0.257 e. The molecule has 0 fully saturated rings. The van der Waals surface area contributed by atoms with Crippen LogP contribution < -0.4 is 10.5 Å². The highest BCUT2D eigenvalue weighted by Crippen LogP contribution is 2.25. The van der Waals surface area contributed by atoms with Crippen LogP contribution in [0.5, 0.6) is 0 Å². The molecule has 110 valence electrons. The second-order valence-corrected chi connectivity index (χ2v) is 6.81. The van der Waals surface area contributed by atoms with Gasteiger partial charge in [0.1, 0.15) is 5.15 Å². The Labute approximate surface area is 134 Å². The summed E-state index contributed by atoms with van der Waals surface area (Å²) < 4.78 is 22.8. The zero-order valence-corrected chi connectivity index (χ0v) is 13.5. The number of nitrogens with one attached hydrogen (secondary N) is 1. The predicted molar refractivity (Wildman–Crippen MR) is 82.7 cm³/mol. The second kappa shape index (κ2) is 6.10. The van der Waals surface area contributed by atoms with Gasteiger partial charge in [-0.15, -0.1) is 0 Å². The fourth-order valence-corrected chi connectivity index (χ4v) is 2.76. The lowest BCUT2D eigenvalue weighted by Gasteiger charge is -2.08. The van der Waals surface area contributed by atoms with Crippen molar-refractivity contribution in [3.05, 3.63) is 51.7 Å². The van der Waals surface area contributed by atoms with E-state index in [4.69, 9.17) is 16.7 Å². The Bertz CT molecular complexity index is 794. The molecule has 2 rings (SSSR count). The van der Waals surface area contributed by atoms with E-state index in [1.165, 1.54) is 36.5 Å². The SMILES string of the molecule is NS(=O)(=O)c1ccc(NC(=O)c2ccc(Cl)nc2)c(Br)c1. The van der Waals surface area contributed by atoms with Crippen molar-refractivity contribution in [2.75, 3.05) is 5.32 Å². The minimum atomic E-state index is -3.79. The maximum atomic E-state index is 12.0. The van der Waals surface area contributed by atoms with Gasteiger partial charge in [-0.25, -0.2) is 18.5 Å². The van der Waals surface area contributed by atoms with Crippen LogP contribution in [0.25, 0.3) is 0 Å². The van der Waals surface area contributed by atoms with Crippen LogP contribution in [0.15, 0.2) is 45.9 Å². The fraction of sp³-hybridized carbons (Fsp3) is 0. The van der Waals surface area contributed by atoms with E-state index >= 15 is 0 Å². The molecule has 0 aliphatic carbocycles. The molecule has 0 radical (unpaired) electrons. The van der Waals surface area contributed by atoms with Crippen molar-refractivity contribution in [3.8, 4) is 0 Å². The molecule has 0 bridgehead atoms. The van der Waals surface area contributed by atoms with Crippen LogP contribution in [0.4, 0.5) is 5.69 Å². The van der Waals surface area contributed by atoms with Gasteiger partial charge >= 0.3 is 0 Å². The van der Waals surface area contributed by atoms with Crippen LogP contribution in [-0.2, 0) is 10.0 Å². The van der Waals surface area contributed by atoms with Gasteiger partial charge in [-0.1, -0.05) is 11.6 Å². The number of amides is 1. The molecule has 2 aromatic rings. The quantitative estimate of drug-likeness (QED) is 0.786. The number of carbonyl (C=O) groups excluding carboxylic acids is 1. The number of aromatic nitrogens is 1. The second-order valence-electron chi connectivity index (χ2n) is 4.01. The van der Waals surface area contributed by atoms with Crippen molar-refractivity contribution in [1.29, 1.82) is 0 Å². The first kappa shape index (κ1) is 15.9. The van der Waals surface area contributed by atoms with Crippen LogP contribution in [-0.4, -0.2) is 19.3 Å². The Hall–Kier alpha value is -1.48. The first-order valence-corrected chi connectivity index (χ1v) is 8.24. The lowest BCUT2D eigenvalue weighted by atomic mass is 10.2. The average molecular weight is 391 g/mol. The molecule has 0 unspecified atom stereocenters. The number of benzene rings is 1. The highest BCUT2D eigenvalue weighted by molar-refractivity contribution is 9.10. The predicted octanol–water partition coefficient (Wildman–Crippen LogP) is 2.40. The van der Waals surface area contributed by atoms with Gasteiger partial charge in [0.05, 0.1) is 16.1 Å². The standard InChI is InChI=1S/C12H9BrClN3O3S/c13-9-5-8(21(15,19)20)2-3-10(9)17-12(18)7-1-4-11(14)16-6-7/h1-6H,(H,17,18)(H2,15,19,20). The number of nitrogens with zero attached hydrogens (tertiary/aromatic N) is 1. The van der Waals surface area contributed by atoms with E-state index in [0.29, 0.717) is 15.7 Å². The van der Waals surface area contributed by atoms with E-state index in [0.717, 1.165) is 0 Å². The summed E-state index contributed by atoms with van der Waals surface area (Å²) in [5, 5.41) is 7.93. The summed E-state index contributed by atoms with van der Waals surface area (Å²) in [6.07, 6.45) is 1.34. The third-order valence-electron chi connectivity index (χ3n) is 2.51. The number of rotatable bonds is 3. The van der Waals surface area contributed by atoms with Crippen LogP contribution >= 0.6 is 27.5 Å². The van der Waals surface area contributed by atoms with Crippen LogP contribution in [0.3, 0.4) is 0 Å². The summed E-state index contributed by atoms with van der Waals surface area (Å²) >= 11 is 8.82. The average Bonchev–Trinajstić information content (AvgIpc) is 2.40. The van der Waals surface area contributed by atoms with Gasteiger partial charge in [-0.3, -0.25) is 4.79 Å². The third kappa shape index (κ3) is 4.01.